The van der Waals surface area contributed by atoms with E-state index in [0.29, 0.717) is 0 Å². The van der Waals surface area contributed by atoms with Crippen LogP contribution < -0.4 is 16.2 Å². The predicted octanol–water partition coefficient (Wildman–Crippen LogP) is 1.05. The van der Waals surface area contributed by atoms with Crippen LogP contribution in [0.15, 0.2) is 18.2 Å². The topological polar surface area (TPSA) is 120 Å². The van der Waals surface area contributed by atoms with Crippen molar-refractivity contribution in [2.45, 2.75) is 6.36 Å². The lowest BCUT2D eigenvalue weighted by atomic mass is 10.1. The molecule has 20 heavy (non-hydrogen) atoms. The van der Waals surface area contributed by atoms with Gasteiger partial charge in [0, 0.05) is 11.3 Å². The maximum Gasteiger partial charge on any atom is 0.573 e. The molecule has 0 bridgehead atoms. The molecule has 0 aliphatic carbocycles. The number of nitrogens with zero attached hydrogens (tertiary/aromatic N) is 2. The minimum Gasteiger partial charge on any atom is -0.406 e. The predicted molar refractivity (Wildman–Crippen MR) is 61.4 cm³/mol. The number of primary amides is 1. The molecule has 2 rings (SSSR count). The third kappa shape index (κ3) is 2.79. The van der Waals surface area contributed by atoms with Gasteiger partial charge >= 0.3 is 6.36 Å². The van der Waals surface area contributed by atoms with Crippen LogP contribution in [0.5, 0.6) is 5.75 Å². The van der Waals surface area contributed by atoms with Crippen LogP contribution in [0.25, 0.3) is 11.3 Å². The summed E-state index contributed by atoms with van der Waals surface area (Å²) in [5.74, 6) is -1.39. The monoisotopic (exact) mass is 287 g/mol. The summed E-state index contributed by atoms with van der Waals surface area (Å²) in [7, 11) is 0. The van der Waals surface area contributed by atoms with E-state index in [0.717, 1.165) is 12.1 Å². The molecule has 0 saturated heterocycles. The van der Waals surface area contributed by atoms with Gasteiger partial charge in [-0.05, 0) is 18.2 Å². The molecule has 7 nitrogen and oxygen atoms in total. The van der Waals surface area contributed by atoms with Gasteiger partial charge in [0.05, 0.1) is 0 Å². The molecule has 0 saturated carbocycles. The Morgan fingerprint density at radius 2 is 2.00 bits per heavy atom. The number of rotatable bonds is 3. The summed E-state index contributed by atoms with van der Waals surface area (Å²) in [5, 5.41) is 9.31. The number of carbonyl (C=O) groups is 1. The number of nitrogens with one attached hydrogen (secondary N) is 1. The van der Waals surface area contributed by atoms with E-state index in [2.05, 4.69) is 20.1 Å². The normalized spacial score (nSPS) is 11.3. The van der Waals surface area contributed by atoms with E-state index in [1.54, 1.807) is 0 Å². The van der Waals surface area contributed by atoms with Crippen LogP contribution in [0, 0.1) is 0 Å². The number of ether oxygens (including phenoxy) is 1. The first-order valence-electron chi connectivity index (χ1n) is 5.14. The first-order valence-corrected chi connectivity index (χ1v) is 5.14. The van der Waals surface area contributed by atoms with Crippen molar-refractivity contribution in [1.29, 1.82) is 0 Å². The molecule has 0 unspecified atom stereocenters. The van der Waals surface area contributed by atoms with Crippen LogP contribution in [-0.4, -0.2) is 27.7 Å². The standard InChI is InChI=1S/C10H8F3N5O2/c11-10(12,13)20-4-1-2-6(14)5(3-4)7-8(9(15)19)17-18-16-7/h1-3H,14H2,(H2,15,19)(H,16,17,18). The molecule has 1 amide bonds. The second-order valence-corrected chi connectivity index (χ2v) is 3.68. The molecule has 0 radical (unpaired) electrons. The minimum absolute atomic E-state index is 0.0503. The van der Waals surface area contributed by atoms with Crippen LogP contribution >= 0.6 is 0 Å². The van der Waals surface area contributed by atoms with Crippen LogP contribution in [0.1, 0.15) is 10.5 Å². The zero-order valence-corrected chi connectivity index (χ0v) is 9.73. The zero-order valence-electron chi connectivity index (χ0n) is 9.73. The average molecular weight is 287 g/mol. The lowest BCUT2D eigenvalue weighted by Gasteiger charge is -2.11. The Hall–Kier alpha value is -2.78. The van der Waals surface area contributed by atoms with E-state index in [4.69, 9.17) is 11.5 Å². The second-order valence-electron chi connectivity index (χ2n) is 3.68. The van der Waals surface area contributed by atoms with Gasteiger partial charge in [0.1, 0.15) is 11.4 Å². The molecular weight excluding hydrogens is 279 g/mol. The highest BCUT2D eigenvalue weighted by atomic mass is 19.4. The summed E-state index contributed by atoms with van der Waals surface area (Å²) in [6.45, 7) is 0. The maximum atomic E-state index is 12.2. The van der Waals surface area contributed by atoms with Crippen molar-refractivity contribution in [3.8, 4) is 17.0 Å². The number of hydrogen-bond donors (Lipinski definition) is 3. The van der Waals surface area contributed by atoms with Crippen molar-refractivity contribution in [2.75, 3.05) is 5.73 Å². The van der Waals surface area contributed by atoms with Gasteiger partial charge in [-0.3, -0.25) is 4.79 Å². The Labute approximate surface area is 109 Å². The largest absolute Gasteiger partial charge is 0.573 e. The number of benzene rings is 1. The third-order valence-corrected chi connectivity index (χ3v) is 2.29. The summed E-state index contributed by atoms with van der Waals surface area (Å²) in [5.41, 5.74) is 10.6. The number of carbonyl (C=O) groups excluding carboxylic acids is 1. The number of anilines is 1. The van der Waals surface area contributed by atoms with E-state index < -0.39 is 18.0 Å². The maximum absolute atomic E-state index is 12.2. The Morgan fingerprint density at radius 1 is 1.30 bits per heavy atom. The van der Waals surface area contributed by atoms with Gasteiger partial charge in [-0.25, -0.2) is 0 Å². The smallest absolute Gasteiger partial charge is 0.406 e. The second kappa shape index (κ2) is 4.72. The van der Waals surface area contributed by atoms with Crippen molar-refractivity contribution in [3.05, 3.63) is 23.9 Å². The number of nitrogen functional groups attached to an aromatic ring is 1. The Kier molecular flexibility index (Phi) is 3.22. The van der Waals surface area contributed by atoms with Gasteiger partial charge in [0.2, 0.25) is 0 Å². The fourth-order valence-corrected chi connectivity index (χ4v) is 1.53. The number of aromatic nitrogens is 3. The molecule has 1 heterocycles. The molecule has 0 spiro atoms. The fraction of sp³-hybridized carbons (Fsp3) is 0.100. The van der Waals surface area contributed by atoms with E-state index in [1.165, 1.54) is 6.07 Å². The highest BCUT2D eigenvalue weighted by Gasteiger charge is 2.31. The number of amides is 1. The van der Waals surface area contributed by atoms with Gasteiger partial charge in [0.15, 0.2) is 5.69 Å². The number of hydrogen-bond acceptors (Lipinski definition) is 5. The third-order valence-electron chi connectivity index (χ3n) is 2.29. The molecule has 1 aromatic heterocycles. The number of H-pyrrole nitrogens is 1. The van der Waals surface area contributed by atoms with E-state index in [-0.39, 0.29) is 22.6 Å². The summed E-state index contributed by atoms with van der Waals surface area (Å²) in [6.07, 6.45) is -4.84. The molecule has 0 atom stereocenters. The summed E-state index contributed by atoms with van der Waals surface area (Å²) in [4.78, 5) is 11.1. The molecule has 106 valence electrons. The molecule has 0 aliphatic heterocycles. The van der Waals surface area contributed by atoms with Crippen LogP contribution in [-0.2, 0) is 0 Å². The van der Waals surface area contributed by atoms with Crippen molar-refractivity contribution in [3.63, 3.8) is 0 Å². The fourth-order valence-electron chi connectivity index (χ4n) is 1.53. The first-order chi connectivity index (χ1) is 9.28. The van der Waals surface area contributed by atoms with E-state index >= 15 is 0 Å². The highest BCUT2D eigenvalue weighted by Crippen LogP contribution is 2.32. The SMILES string of the molecule is NC(=O)c1n[nH]nc1-c1cc(OC(F)(F)F)ccc1N. The molecule has 0 fully saturated rings. The van der Waals surface area contributed by atoms with Crippen molar-refractivity contribution < 1.29 is 22.7 Å². The first kappa shape index (κ1) is 13.6. The Balaban J connectivity index is 2.48. The van der Waals surface area contributed by atoms with Crippen molar-refractivity contribution in [2.24, 2.45) is 5.73 Å². The van der Waals surface area contributed by atoms with E-state index in [1.807, 2.05) is 0 Å². The molecular formula is C10H8F3N5O2. The number of nitrogens with two attached hydrogens (primary N) is 2. The minimum atomic E-state index is -4.84. The molecule has 10 heteroatoms. The van der Waals surface area contributed by atoms with Gasteiger partial charge in [-0.1, -0.05) is 0 Å². The molecule has 1 aromatic carbocycles. The molecule has 5 N–H and O–H groups in total. The number of aromatic amines is 1. The summed E-state index contributed by atoms with van der Waals surface area (Å²) in [6, 6.07) is 3.22. The lowest BCUT2D eigenvalue weighted by molar-refractivity contribution is -0.274. The van der Waals surface area contributed by atoms with Crippen LogP contribution in [0.4, 0.5) is 18.9 Å². The van der Waals surface area contributed by atoms with Crippen molar-refractivity contribution in [1.82, 2.24) is 15.4 Å². The van der Waals surface area contributed by atoms with Gasteiger partial charge in [-0.2, -0.15) is 15.4 Å². The van der Waals surface area contributed by atoms with Gasteiger partial charge in [0.25, 0.3) is 5.91 Å². The van der Waals surface area contributed by atoms with E-state index in [9.17, 15) is 18.0 Å². The average Bonchev–Trinajstić information content (AvgIpc) is 2.78. The van der Waals surface area contributed by atoms with Gasteiger partial charge < -0.3 is 16.2 Å². The molecule has 0 aliphatic rings. The Morgan fingerprint density at radius 3 is 2.60 bits per heavy atom. The van der Waals surface area contributed by atoms with Gasteiger partial charge in [-0.15, -0.1) is 13.2 Å². The quantitative estimate of drug-likeness (QED) is 0.729. The highest BCUT2D eigenvalue weighted by molar-refractivity contribution is 5.98. The summed E-state index contributed by atoms with van der Waals surface area (Å²) >= 11 is 0. The van der Waals surface area contributed by atoms with Crippen LogP contribution in [0.2, 0.25) is 0 Å². The number of alkyl halides is 3. The lowest BCUT2D eigenvalue weighted by Crippen LogP contribution is -2.17. The zero-order chi connectivity index (χ0) is 14.9. The van der Waals surface area contributed by atoms with Crippen LogP contribution in [0.3, 0.4) is 0 Å². The van der Waals surface area contributed by atoms with Crippen molar-refractivity contribution >= 4 is 11.6 Å². The molecule has 2 aromatic rings. The Bertz CT molecular complexity index is 653. The number of halogens is 3. The summed E-state index contributed by atoms with van der Waals surface area (Å²) < 4.78 is 40.3.